The first-order chi connectivity index (χ1) is 18.9. The molecule has 202 valence electrons. The van der Waals surface area contributed by atoms with Gasteiger partial charge in [-0.1, -0.05) is 121 Å². The Kier molecular flexibility index (Phi) is 17.2. The van der Waals surface area contributed by atoms with Gasteiger partial charge in [0, 0.05) is 32.4 Å². The van der Waals surface area contributed by atoms with Crippen LogP contribution in [0.4, 0.5) is 0 Å². The average molecular weight is 778 g/mol. The van der Waals surface area contributed by atoms with Gasteiger partial charge in [0.2, 0.25) is 0 Å². The Morgan fingerprint density at radius 3 is 0.750 bits per heavy atom. The largest absolute Gasteiger partial charge is 2.00 e. The first-order valence-corrected chi connectivity index (χ1v) is 15.3. The van der Waals surface area contributed by atoms with Crippen molar-refractivity contribution >= 4 is 37.1 Å². The smallest absolute Gasteiger partial charge is 0.106 e. The Balaban J connectivity index is 0.000000252. The zero-order chi connectivity index (χ0) is 26.4. The molecule has 4 aromatic carbocycles. The van der Waals surface area contributed by atoms with E-state index in [-0.39, 0.29) is 38.1 Å². The Labute approximate surface area is 270 Å². The second kappa shape index (κ2) is 19.7. The number of rotatable bonds is 6. The maximum Gasteiger partial charge on any atom is 2.00 e. The van der Waals surface area contributed by atoms with E-state index in [0.717, 1.165) is 0 Å². The number of hydrogen-bond acceptors (Lipinski definition) is 0. The molecule has 2 aliphatic carbocycles. The fourth-order valence-electron chi connectivity index (χ4n) is 4.23. The van der Waals surface area contributed by atoms with Crippen LogP contribution >= 0.6 is 15.8 Å². The van der Waals surface area contributed by atoms with E-state index in [1.807, 2.05) is 0 Å². The third-order valence-electron chi connectivity index (χ3n) is 5.86. The summed E-state index contributed by atoms with van der Waals surface area (Å²) in [7, 11) is -0.818. The van der Waals surface area contributed by atoms with Gasteiger partial charge in [-0.15, -0.1) is 13.2 Å². The summed E-state index contributed by atoms with van der Waals surface area (Å²) in [6.07, 6.45) is 17.4. The number of hydrogen-bond donors (Lipinski definition) is 0. The molecule has 0 bridgehead atoms. The molecule has 6 rings (SSSR count). The quantitative estimate of drug-likeness (QED) is 0.107. The van der Waals surface area contributed by atoms with Crippen LogP contribution in [0.15, 0.2) is 134 Å². The van der Waals surface area contributed by atoms with E-state index in [9.17, 15) is 0 Å². The second-order valence-electron chi connectivity index (χ2n) is 8.30. The summed E-state index contributed by atoms with van der Waals surface area (Å²) in [6, 6.07) is 43.1. The molecule has 0 spiro atoms. The fraction of sp³-hybridized carbons (Fsp3) is 0. The summed E-state index contributed by atoms with van der Waals surface area (Å²) in [5.41, 5.74) is 2.84. The van der Waals surface area contributed by atoms with Crippen LogP contribution in [0.25, 0.3) is 0 Å². The molecule has 0 aliphatic heterocycles. The van der Waals surface area contributed by atoms with Gasteiger partial charge in [0.25, 0.3) is 0 Å². The molecule has 2 fully saturated rings. The average Bonchev–Trinajstić information content (AvgIpc) is 3.73. The second-order valence-corrected chi connectivity index (χ2v) is 12.7. The van der Waals surface area contributed by atoms with Gasteiger partial charge in [0.05, 0.1) is 0 Å². The van der Waals surface area contributed by atoms with Crippen molar-refractivity contribution in [3.8, 4) is 0 Å². The molecule has 2 saturated carbocycles. The molecular formula is C36H32FeP2Pt+2. The Hall–Kier alpha value is -1.31. The molecule has 0 amide bonds. The molecular weight excluding hydrogens is 745 g/mol. The molecule has 0 aromatic heterocycles. The normalized spacial score (nSPS) is 14.8. The molecule has 0 N–H and O–H groups in total. The Bertz CT molecular complexity index is 989. The maximum atomic E-state index is 3.00. The van der Waals surface area contributed by atoms with Crippen molar-refractivity contribution in [2.75, 3.05) is 0 Å². The zero-order valence-corrected chi connectivity index (χ0v) is 27.3. The van der Waals surface area contributed by atoms with Crippen molar-refractivity contribution in [1.29, 1.82) is 0 Å². The summed E-state index contributed by atoms with van der Waals surface area (Å²) in [4.78, 5) is 0. The van der Waals surface area contributed by atoms with Crippen LogP contribution in [0.5, 0.6) is 0 Å². The molecule has 40 heavy (non-hydrogen) atoms. The summed E-state index contributed by atoms with van der Waals surface area (Å²) in [6.45, 7) is 6.00. The molecule has 0 saturated heterocycles. The minimum atomic E-state index is -0.409. The van der Waals surface area contributed by atoms with Gasteiger partial charge in [0.1, 0.15) is 0 Å². The zero-order valence-electron chi connectivity index (χ0n) is 22.1. The van der Waals surface area contributed by atoms with Crippen LogP contribution in [0.1, 0.15) is 0 Å². The molecule has 0 unspecified atom stereocenters. The molecule has 4 aromatic rings. The van der Waals surface area contributed by atoms with Crippen molar-refractivity contribution in [3.05, 3.63) is 197 Å². The molecule has 0 heterocycles. The standard InChI is InChI=1S/2C17H14P.C2H4.Fe.Pt/c2*1-3-9-15(10-4-1)18(17-13-7-8-14-17)16-11-5-2-6-12-16;1-2;;/h2*1-14H;1-2H2;;/q;;;+2;. The van der Waals surface area contributed by atoms with Crippen molar-refractivity contribution in [1.82, 2.24) is 0 Å². The van der Waals surface area contributed by atoms with Gasteiger partial charge in [0.15, 0.2) is 0 Å². The van der Waals surface area contributed by atoms with Gasteiger partial charge < -0.3 is 0 Å². The van der Waals surface area contributed by atoms with Crippen LogP contribution in [0.3, 0.4) is 0 Å². The van der Waals surface area contributed by atoms with Crippen LogP contribution in [-0.4, -0.2) is 0 Å². The van der Waals surface area contributed by atoms with Crippen molar-refractivity contribution in [2.45, 2.75) is 0 Å². The molecule has 4 heteroatoms. The van der Waals surface area contributed by atoms with Gasteiger partial charge in [-0.3, -0.25) is 0 Å². The third-order valence-corrected chi connectivity index (χ3v) is 10.8. The molecule has 10 radical (unpaired) electrons. The van der Waals surface area contributed by atoms with E-state index >= 15 is 0 Å². The number of benzene rings is 4. The topological polar surface area (TPSA) is 0 Å². The van der Waals surface area contributed by atoms with E-state index in [4.69, 9.17) is 0 Å². The fourth-order valence-corrected chi connectivity index (χ4v) is 8.84. The van der Waals surface area contributed by atoms with Gasteiger partial charge in [-0.2, -0.15) is 0 Å². The summed E-state index contributed by atoms with van der Waals surface area (Å²) < 4.78 is 0. The van der Waals surface area contributed by atoms with Gasteiger partial charge in [-0.05, 0) is 88.4 Å². The van der Waals surface area contributed by atoms with Crippen molar-refractivity contribution in [2.24, 2.45) is 0 Å². The van der Waals surface area contributed by atoms with Crippen LogP contribution in [0, 0.1) is 62.7 Å². The summed E-state index contributed by atoms with van der Waals surface area (Å²) >= 11 is 0. The summed E-state index contributed by atoms with van der Waals surface area (Å²) in [5.74, 6) is 0. The van der Waals surface area contributed by atoms with E-state index in [1.165, 1.54) is 32.5 Å². The first kappa shape index (κ1) is 34.9. The van der Waals surface area contributed by atoms with Crippen LogP contribution in [-0.2, 0) is 38.1 Å². The van der Waals surface area contributed by atoms with Crippen LogP contribution < -0.4 is 21.2 Å². The Morgan fingerprint density at radius 1 is 0.350 bits per heavy atom. The predicted molar refractivity (Wildman–Crippen MR) is 170 cm³/mol. The molecule has 0 atom stereocenters. The maximum absolute atomic E-state index is 3.00. The van der Waals surface area contributed by atoms with E-state index < -0.39 is 15.8 Å². The van der Waals surface area contributed by atoms with E-state index in [1.54, 1.807) is 0 Å². The van der Waals surface area contributed by atoms with Gasteiger partial charge >= 0.3 is 17.1 Å². The monoisotopic (exact) mass is 777 g/mol. The first-order valence-electron chi connectivity index (χ1n) is 12.6. The molecule has 2 aliphatic rings. The van der Waals surface area contributed by atoms with Crippen LogP contribution in [0.2, 0.25) is 0 Å². The SMILES string of the molecule is C=C.[CH]1[CH][CH][C](P(c2ccccc2)c2ccccc2)[CH]1.[CH]1[CH][CH][C](P(c2ccccc2)c2ccccc2)[CH]1.[Fe+2].[Pt]. The minimum Gasteiger partial charge on any atom is -0.106 e. The predicted octanol–water partition coefficient (Wildman–Crippen LogP) is 7.76. The van der Waals surface area contributed by atoms with Crippen molar-refractivity contribution in [3.63, 3.8) is 0 Å². The Morgan fingerprint density at radius 2 is 0.550 bits per heavy atom. The van der Waals surface area contributed by atoms with E-state index in [2.05, 4.69) is 186 Å². The third kappa shape index (κ3) is 9.90. The summed E-state index contributed by atoms with van der Waals surface area (Å²) in [5, 5.41) is 5.63. The van der Waals surface area contributed by atoms with E-state index in [0.29, 0.717) is 0 Å². The van der Waals surface area contributed by atoms with Gasteiger partial charge in [-0.25, -0.2) is 0 Å². The van der Waals surface area contributed by atoms with Crippen molar-refractivity contribution < 1.29 is 38.1 Å². The minimum absolute atomic E-state index is 0. The molecule has 0 nitrogen and oxygen atoms in total.